The molecule has 0 spiro atoms. The summed E-state index contributed by atoms with van der Waals surface area (Å²) in [5, 5.41) is 9.66. The molecule has 0 aliphatic carbocycles. The van der Waals surface area contributed by atoms with Crippen LogP contribution in [-0.2, 0) is 4.79 Å². The Kier molecular flexibility index (Phi) is 5.38. The standard InChI is InChI=1S/C18H22F3NO2/c1-3-14(15-6-4-13(2)5-7-15)12-16(23)22-10-8-17(24,9-11-22)18(19,20)21/h4-7,12,24H,3,8-11H2,1-2H3/b14-12-. The Balaban J connectivity index is 2.08. The van der Waals surface area contributed by atoms with Gasteiger partial charge in [-0.1, -0.05) is 36.8 Å². The maximum atomic E-state index is 12.8. The fourth-order valence-corrected chi connectivity index (χ4v) is 2.78. The lowest BCUT2D eigenvalue weighted by atomic mass is 9.90. The third-order valence-electron chi connectivity index (χ3n) is 4.53. The molecule has 1 amide bonds. The SMILES string of the molecule is CC/C(=C/C(=O)N1CCC(O)(C(F)(F)F)CC1)c1ccc(C)cc1. The van der Waals surface area contributed by atoms with Crippen LogP contribution in [0, 0.1) is 6.92 Å². The molecule has 1 fully saturated rings. The van der Waals surface area contributed by atoms with E-state index < -0.39 is 24.6 Å². The summed E-state index contributed by atoms with van der Waals surface area (Å²) >= 11 is 0. The third-order valence-corrected chi connectivity index (χ3v) is 4.53. The van der Waals surface area contributed by atoms with Gasteiger partial charge in [-0.25, -0.2) is 0 Å². The normalized spacial score (nSPS) is 18.6. The Bertz CT molecular complexity index is 612. The molecule has 1 heterocycles. The van der Waals surface area contributed by atoms with E-state index in [0.29, 0.717) is 6.42 Å². The Morgan fingerprint density at radius 1 is 1.25 bits per heavy atom. The smallest absolute Gasteiger partial charge is 0.380 e. The van der Waals surface area contributed by atoms with E-state index in [1.807, 2.05) is 38.1 Å². The van der Waals surface area contributed by atoms with Crippen molar-refractivity contribution in [2.75, 3.05) is 13.1 Å². The number of allylic oxidation sites excluding steroid dienone is 1. The lowest BCUT2D eigenvalue weighted by Crippen LogP contribution is -2.54. The molecule has 0 bridgehead atoms. The zero-order chi connectivity index (χ0) is 18.0. The molecule has 1 aromatic carbocycles. The van der Waals surface area contributed by atoms with E-state index >= 15 is 0 Å². The van der Waals surface area contributed by atoms with Crippen molar-refractivity contribution in [3.05, 3.63) is 41.5 Å². The fraction of sp³-hybridized carbons (Fsp3) is 0.500. The Morgan fingerprint density at radius 3 is 2.25 bits per heavy atom. The van der Waals surface area contributed by atoms with Gasteiger partial charge in [-0.15, -0.1) is 0 Å². The van der Waals surface area contributed by atoms with Gasteiger partial charge in [0.25, 0.3) is 0 Å². The molecule has 132 valence electrons. The molecule has 1 aromatic rings. The van der Waals surface area contributed by atoms with Gasteiger partial charge in [-0.05, 0) is 24.5 Å². The summed E-state index contributed by atoms with van der Waals surface area (Å²) in [5.41, 5.74) is 0.206. The molecule has 1 N–H and O–H groups in total. The predicted molar refractivity (Wildman–Crippen MR) is 86.3 cm³/mol. The van der Waals surface area contributed by atoms with E-state index in [1.54, 1.807) is 0 Å². The highest BCUT2D eigenvalue weighted by molar-refractivity contribution is 5.95. The number of likely N-dealkylation sites (tertiary alicyclic amines) is 1. The maximum absolute atomic E-state index is 12.8. The van der Waals surface area contributed by atoms with Crippen LogP contribution in [0.25, 0.3) is 5.57 Å². The first-order valence-electron chi connectivity index (χ1n) is 8.02. The number of halogens is 3. The highest BCUT2D eigenvalue weighted by Crippen LogP contribution is 2.38. The number of aryl methyl sites for hydroxylation is 1. The molecule has 24 heavy (non-hydrogen) atoms. The summed E-state index contributed by atoms with van der Waals surface area (Å²) in [4.78, 5) is 13.7. The number of nitrogens with zero attached hydrogens (tertiary/aromatic N) is 1. The summed E-state index contributed by atoms with van der Waals surface area (Å²) in [5.74, 6) is -0.309. The van der Waals surface area contributed by atoms with E-state index in [-0.39, 0.29) is 19.0 Å². The van der Waals surface area contributed by atoms with Crippen LogP contribution in [-0.4, -0.2) is 40.8 Å². The van der Waals surface area contributed by atoms with E-state index in [0.717, 1.165) is 16.7 Å². The van der Waals surface area contributed by atoms with Crippen LogP contribution >= 0.6 is 0 Å². The van der Waals surface area contributed by atoms with Crippen molar-refractivity contribution in [1.29, 1.82) is 0 Å². The summed E-state index contributed by atoms with van der Waals surface area (Å²) in [6.07, 6.45) is -3.49. The summed E-state index contributed by atoms with van der Waals surface area (Å²) in [6, 6.07) is 7.76. The zero-order valence-corrected chi connectivity index (χ0v) is 13.9. The highest BCUT2D eigenvalue weighted by Gasteiger charge is 2.54. The second kappa shape index (κ2) is 6.97. The monoisotopic (exact) mass is 341 g/mol. The van der Waals surface area contributed by atoms with Crippen molar-refractivity contribution in [3.63, 3.8) is 0 Å². The molecular formula is C18H22F3NO2. The second-order valence-corrected chi connectivity index (χ2v) is 6.24. The van der Waals surface area contributed by atoms with Gasteiger partial charge in [-0.2, -0.15) is 13.2 Å². The van der Waals surface area contributed by atoms with Gasteiger partial charge in [0.05, 0.1) is 0 Å². The Hall–Kier alpha value is -1.82. The van der Waals surface area contributed by atoms with Gasteiger partial charge < -0.3 is 10.0 Å². The topological polar surface area (TPSA) is 40.5 Å². The first kappa shape index (κ1) is 18.5. The molecule has 0 radical (unpaired) electrons. The van der Waals surface area contributed by atoms with Gasteiger partial charge in [0.2, 0.25) is 5.91 Å². The number of alkyl halides is 3. The van der Waals surface area contributed by atoms with Gasteiger partial charge in [0.1, 0.15) is 0 Å². The van der Waals surface area contributed by atoms with Gasteiger partial charge in [0, 0.05) is 32.0 Å². The fourth-order valence-electron chi connectivity index (χ4n) is 2.78. The lowest BCUT2D eigenvalue weighted by molar-refractivity contribution is -0.271. The Labute approximate surface area is 139 Å². The zero-order valence-electron chi connectivity index (χ0n) is 13.9. The van der Waals surface area contributed by atoms with Crippen molar-refractivity contribution in [1.82, 2.24) is 4.90 Å². The number of benzene rings is 1. The van der Waals surface area contributed by atoms with Gasteiger partial charge >= 0.3 is 6.18 Å². The molecule has 0 atom stereocenters. The van der Waals surface area contributed by atoms with E-state index in [2.05, 4.69) is 0 Å². The third kappa shape index (κ3) is 3.98. The second-order valence-electron chi connectivity index (χ2n) is 6.24. The van der Waals surface area contributed by atoms with Crippen molar-refractivity contribution in [2.24, 2.45) is 0 Å². The minimum atomic E-state index is -4.66. The van der Waals surface area contributed by atoms with Crippen LogP contribution in [0.3, 0.4) is 0 Å². The highest BCUT2D eigenvalue weighted by atomic mass is 19.4. The minimum Gasteiger partial charge on any atom is -0.380 e. The average Bonchev–Trinajstić information content (AvgIpc) is 2.53. The first-order chi connectivity index (χ1) is 11.2. The van der Waals surface area contributed by atoms with Crippen LogP contribution in [0.15, 0.2) is 30.3 Å². The molecule has 6 heteroatoms. The number of hydrogen-bond donors (Lipinski definition) is 1. The quantitative estimate of drug-likeness (QED) is 0.852. The minimum absolute atomic E-state index is 0.101. The van der Waals surface area contributed by atoms with E-state index in [1.165, 1.54) is 11.0 Å². The van der Waals surface area contributed by atoms with Crippen LogP contribution < -0.4 is 0 Å². The molecule has 0 unspecified atom stereocenters. The van der Waals surface area contributed by atoms with Crippen molar-refractivity contribution < 1.29 is 23.1 Å². The van der Waals surface area contributed by atoms with Crippen LogP contribution in [0.4, 0.5) is 13.2 Å². The Morgan fingerprint density at radius 2 is 1.79 bits per heavy atom. The lowest BCUT2D eigenvalue weighted by Gasteiger charge is -2.38. The molecule has 0 aromatic heterocycles. The molecule has 3 nitrogen and oxygen atoms in total. The molecule has 1 aliphatic heterocycles. The average molecular weight is 341 g/mol. The van der Waals surface area contributed by atoms with Crippen molar-refractivity contribution >= 4 is 11.5 Å². The summed E-state index contributed by atoms with van der Waals surface area (Å²) in [7, 11) is 0. The van der Waals surface area contributed by atoms with Crippen LogP contribution in [0.1, 0.15) is 37.3 Å². The number of carbonyl (C=O) groups excluding carboxylic acids is 1. The number of hydrogen-bond acceptors (Lipinski definition) is 2. The summed E-state index contributed by atoms with van der Waals surface area (Å²) < 4.78 is 38.4. The van der Waals surface area contributed by atoms with Crippen molar-refractivity contribution in [2.45, 2.75) is 44.9 Å². The van der Waals surface area contributed by atoms with Crippen molar-refractivity contribution in [3.8, 4) is 0 Å². The maximum Gasteiger partial charge on any atom is 0.417 e. The van der Waals surface area contributed by atoms with Gasteiger partial charge in [-0.3, -0.25) is 4.79 Å². The number of carbonyl (C=O) groups is 1. The molecule has 1 saturated heterocycles. The molecule has 0 saturated carbocycles. The van der Waals surface area contributed by atoms with Gasteiger partial charge in [0.15, 0.2) is 5.60 Å². The molecule has 1 aliphatic rings. The number of rotatable bonds is 3. The first-order valence-corrected chi connectivity index (χ1v) is 8.02. The van der Waals surface area contributed by atoms with E-state index in [9.17, 15) is 23.1 Å². The predicted octanol–water partition coefficient (Wildman–Crippen LogP) is 3.70. The van der Waals surface area contributed by atoms with Crippen LogP contribution in [0.5, 0.6) is 0 Å². The van der Waals surface area contributed by atoms with Crippen LogP contribution in [0.2, 0.25) is 0 Å². The summed E-state index contributed by atoms with van der Waals surface area (Å²) in [6.45, 7) is 3.70. The number of aliphatic hydroxyl groups is 1. The number of amides is 1. The molecular weight excluding hydrogens is 319 g/mol. The largest absolute Gasteiger partial charge is 0.417 e. The number of piperidine rings is 1. The molecule has 2 rings (SSSR count). The van der Waals surface area contributed by atoms with E-state index in [4.69, 9.17) is 0 Å².